The first kappa shape index (κ1) is 24.8. The zero-order chi connectivity index (χ0) is 25.0. The third-order valence-electron chi connectivity index (χ3n) is 5.31. The van der Waals surface area contributed by atoms with E-state index in [9.17, 15) is 18.8 Å². The van der Waals surface area contributed by atoms with Gasteiger partial charge in [-0.15, -0.1) is 0 Å². The van der Waals surface area contributed by atoms with Gasteiger partial charge in [0.1, 0.15) is 11.9 Å². The van der Waals surface area contributed by atoms with Crippen LogP contribution in [-0.4, -0.2) is 51.8 Å². The summed E-state index contributed by atoms with van der Waals surface area (Å²) in [6.45, 7) is 5.46. The van der Waals surface area contributed by atoms with E-state index in [2.05, 4.69) is 15.7 Å². The number of hydrogen-bond acceptors (Lipinski definition) is 5. The van der Waals surface area contributed by atoms with E-state index in [1.54, 1.807) is 49.7 Å². The van der Waals surface area contributed by atoms with Gasteiger partial charge >= 0.3 is 0 Å². The normalized spacial score (nSPS) is 12.4. The molecule has 0 spiro atoms. The first-order chi connectivity index (χ1) is 16.0. The van der Waals surface area contributed by atoms with Gasteiger partial charge in [0.2, 0.25) is 11.8 Å². The van der Waals surface area contributed by atoms with Gasteiger partial charge in [-0.05, 0) is 41.3 Å². The molecule has 0 fully saturated rings. The second-order valence-corrected chi connectivity index (χ2v) is 9.02. The highest BCUT2D eigenvalue weighted by Crippen LogP contribution is 2.24. The predicted octanol–water partition coefficient (Wildman–Crippen LogP) is 1.58. The molecule has 2 aromatic carbocycles. The van der Waals surface area contributed by atoms with Crippen LogP contribution in [0.5, 0.6) is 0 Å². The molecule has 0 aliphatic heterocycles. The van der Waals surface area contributed by atoms with E-state index in [1.165, 1.54) is 18.2 Å². The fourth-order valence-corrected chi connectivity index (χ4v) is 3.54. The van der Waals surface area contributed by atoms with E-state index in [4.69, 9.17) is 10.8 Å². The Morgan fingerprint density at radius 3 is 2.41 bits per heavy atom. The zero-order valence-corrected chi connectivity index (χ0v) is 19.3. The van der Waals surface area contributed by atoms with Gasteiger partial charge in [-0.3, -0.25) is 19.1 Å². The van der Waals surface area contributed by atoms with Crippen LogP contribution >= 0.6 is 0 Å². The third-order valence-corrected chi connectivity index (χ3v) is 5.31. The molecule has 0 unspecified atom stereocenters. The Balaban J connectivity index is 1.95. The Hall–Kier alpha value is -3.79. The number of carbonyl (C=O) groups excluding carboxylic acids is 3. The van der Waals surface area contributed by atoms with Gasteiger partial charge in [0.15, 0.2) is 5.69 Å². The SMILES string of the molecule is CC(C)(C)[C@H](NC(=O)c1nn(Cc2ccc(C(N)=O)cc2)c2ccc(F)cc12)C(=O)NCCO. The van der Waals surface area contributed by atoms with Gasteiger partial charge in [0, 0.05) is 17.5 Å². The number of benzene rings is 2. The number of carbonyl (C=O) groups is 3. The van der Waals surface area contributed by atoms with Crippen molar-refractivity contribution in [3.8, 4) is 0 Å². The van der Waals surface area contributed by atoms with Crippen molar-refractivity contribution in [1.29, 1.82) is 0 Å². The van der Waals surface area contributed by atoms with Crippen LogP contribution in [0, 0.1) is 11.2 Å². The summed E-state index contributed by atoms with van der Waals surface area (Å²) in [6.07, 6.45) is 0. The maximum atomic E-state index is 14.1. The summed E-state index contributed by atoms with van der Waals surface area (Å²) in [5.41, 5.74) is 6.31. The van der Waals surface area contributed by atoms with Gasteiger partial charge < -0.3 is 21.5 Å². The monoisotopic (exact) mass is 469 g/mol. The van der Waals surface area contributed by atoms with Crippen molar-refractivity contribution in [2.24, 2.45) is 11.1 Å². The summed E-state index contributed by atoms with van der Waals surface area (Å²) in [5, 5.41) is 19.0. The Morgan fingerprint density at radius 1 is 1.15 bits per heavy atom. The van der Waals surface area contributed by atoms with Crippen molar-refractivity contribution in [3.63, 3.8) is 0 Å². The van der Waals surface area contributed by atoms with Gasteiger partial charge in [0.05, 0.1) is 18.7 Å². The number of nitrogens with one attached hydrogen (secondary N) is 2. The van der Waals surface area contributed by atoms with Crippen LogP contribution in [0.15, 0.2) is 42.5 Å². The smallest absolute Gasteiger partial charge is 0.273 e. The second-order valence-electron chi connectivity index (χ2n) is 9.02. The molecular weight excluding hydrogens is 441 g/mol. The number of amides is 3. The van der Waals surface area contributed by atoms with Gasteiger partial charge in [-0.2, -0.15) is 5.10 Å². The Bertz CT molecular complexity index is 1210. The number of aromatic nitrogens is 2. The molecule has 1 atom stereocenters. The molecule has 3 rings (SSSR count). The molecular formula is C24H28FN5O4. The second kappa shape index (κ2) is 10.0. The fourth-order valence-electron chi connectivity index (χ4n) is 3.54. The van der Waals surface area contributed by atoms with Crippen LogP contribution < -0.4 is 16.4 Å². The molecule has 34 heavy (non-hydrogen) atoms. The van der Waals surface area contributed by atoms with Crippen LogP contribution in [-0.2, 0) is 11.3 Å². The van der Waals surface area contributed by atoms with Crippen LogP contribution in [0.2, 0.25) is 0 Å². The summed E-state index contributed by atoms with van der Waals surface area (Å²) in [7, 11) is 0. The standard InChI is InChI=1S/C24H28FN5O4/c1-24(2,3)20(23(34)27-10-11-31)28-22(33)19-17-12-16(25)8-9-18(17)30(29-19)13-14-4-6-15(7-5-14)21(26)32/h4-9,12,20,31H,10-11,13H2,1-3H3,(H2,26,32)(H,27,34)(H,28,33)/t20-/m1/s1. The number of aliphatic hydroxyl groups is 1. The largest absolute Gasteiger partial charge is 0.395 e. The van der Waals surface area contributed by atoms with Gasteiger partial charge in [-0.25, -0.2) is 4.39 Å². The zero-order valence-electron chi connectivity index (χ0n) is 19.3. The molecule has 3 aromatic rings. The van der Waals surface area contributed by atoms with Crippen LogP contribution in [0.25, 0.3) is 10.9 Å². The lowest BCUT2D eigenvalue weighted by Crippen LogP contribution is -2.54. The van der Waals surface area contributed by atoms with E-state index in [0.717, 1.165) is 5.56 Å². The van der Waals surface area contributed by atoms with Crippen molar-refractivity contribution in [3.05, 3.63) is 65.1 Å². The van der Waals surface area contributed by atoms with E-state index < -0.39 is 35.0 Å². The molecule has 3 amide bonds. The fraction of sp³-hybridized carbons (Fsp3) is 0.333. The average Bonchev–Trinajstić information content (AvgIpc) is 3.12. The lowest BCUT2D eigenvalue weighted by atomic mass is 9.86. The average molecular weight is 470 g/mol. The summed E-state index contributed by atoms with van der Waals surface area (Å²) < 4.78 is 15.6. The van der Waals surface area contributed by atoms with Crippen molar-refractivity contribution < 1.29 is 23.9 Å². The molecule has 5 N–H and O–H groups in total. The van der Waals surface area contributed by atoms with E-state index in [-0.39, 0.29) is 25.4 Å². The number of nitrogens with two attached hydrogens (primary N) is 1. The Kier molecular flexibility index (Phi) is 7.31. The highest BCUT2D eigenvalue weighted by molar-refractivity contribution is 6.06. The summed E-state index contributed by atoms with van der Waals surface area (Å²) in [6, 6.07) is 9.74. The Morgan fingerprint density at radius 2 is 1.82 bits per heavy atom. The minimum Gasteiger partial charge on any atom is -0.395 e. The molecule has 0 aliphatic rings. The molecule has 0 bridgehead atoms. The number of primary amides is 1. The highest BCUT2D eigenvalue weighted by atomic mass is 19.1. The Labute approximate surface area is 196 Å². The van der Waals surface area contributed by atoms with Crippen molar-refractivity contribution in [2.45, 2.75) is 33.4 Å². The number of halogens is 1. The van der Waals surface area contributed by atoms with E-state index >= 15 is 0 Å². The topological polar surface area (TPSA) is 139 Å². The van der Waals surface area contributed by atoms with E-state index in [1.807, 2.05) is 0 Å². The first-order valence-corrected chi connectivity index (χ1v) is 10.8. The lowest BCUT2D eigenvalue weighted by Gasteiger charge is -2.30. The van der Waals surface area contributed by atoms with Crippen LogP contribution in [0.1, 0.15) is 47.2 Å². The number of hydrogen-bond donors (Lipinski definition) is 4. The minimum atomic E-state index is -0.915. The summed E-state index contributed by atoms with van der Waals surface area (Å²) in [5.74, 6) is -2.14. The molecule has 0 saturated heterocycles. The van der Waals surface area contributed by atoms with Crippen molar-refractivity contribution in [1.82, 2.24) is 20.4 Å². The number of rotatable bonds is 8. The number of aliphatic hydroxyl groups excluding tert-OH is 1. The molecule has 0 saturated carbocycles. The van der Waals surface area contributed by atoms with Crippen LogP contribution in [0.4, 0.5) is 4.39 Å². The minimum absolute atomic E-state index is 0.0209. The maximum Gasteiger partial charge on any atom is 0.273 e. The lowest BCUT2D eigenvalue weighted by molar-refractivity contribution is -0.125. The molecule has 0 aliphatic carbocycles. The molecule has 1 aromatic heterocycles. The van der Waals surface area contributed by atoms with E-state index in [0.29, 0.717) is 16.5 Å². The third kappa shape index (κ3) is 5.57. The van der Waals surface area contributed by atoms with Crippen molar-refractivity contribution >= 4 is 28.6 Å². The number of nitrogens with zero attached hydrogens (tertiary/aromatic N) is 2. The maximum absolute atomic E-state index is 14.1. The molecule has 1 heterocycles. The highest BCUT2D eigenvalue weighted by Gasteiger charge is 2.34. The molecule has 180 valence electrons. The van der Waals surface area contributed by atoms with Crippen LogP contribution in [0.3, 0.4) is 0 Å². The van der Waals surface area contributed by atoms with Gasteiger partial charge in [-0.1, -0.05) is 32.9 Å². The molecule has 9 nitrogen and oxygen atoms in total. The molecule has 10 heteroatoms. The van der Waals surface area contributed by atoms with Gasteiger partial charge in [0.25, 0.3) is 5.91 Å². The predicted molar refractivity (Wildman–Crippen MR) is 125 cm³/mol. The number of fused-ring (bicyclic) bond motifs is 1. The quantitative estimate of drug-likeness (QED) is 0.397. The first-order valence-electron chi connectivity index (χ1n) is 10.8. The summed E-state index contributed by atoms with van der Waals surface area (Å²) >= 11 is 0. The summed E-state index contributed by atoms with van der Waals surface area (Å²) in [4.78, 5) is 37.1. The molecule has 0 radical (unpaired) electrons. The van der Waals surface area contributed by atoms with Crippen molar-refractivity contribution in [2.75, 3.05) is 13.2 Å².